The zero-order chi connectivity index (χ0) is 22.8. The Morgan fingerprint density at radius 2 is 1.84 bits per heavy atom. The van der Waals surface area contributed by atoms with Gasteiger partial charge >= 0.3 is 6.01 Å². The minimum absolute atomic E-state index is 0.0839. The quantitative estimate of drug-likeness (QED) is 0.619. The molecule has 0 bridgehead atoms. The van der Waals surface area contributed by atoms with Crippen molar-refractivity contribution in [1.82, 2.24) is 24.8 Å². The van der Waals surface area contributed by atoms with Crippen LogP contribution in [-0.4, -0.2) is 70.1 Å². The third kappa shape index (κ3) is 4.63. The van der Waals surface area contributed by atoms with E-state index in [0.717, 1.165) is 4.88 Å². The average molecular weight is 456 g/mol. The molecule has 1 amide bonds. The molecule has 0 saturated carbocycles. The Labute approximate surface area is 190 Å². The van der Waals surface area contributed by atoms with Gasteiger partial charge in [-0.25, -0.2) is 4.98 Å². The first-order valence-electron chi connectivity index (χ1n) is 10.1. The highest BCUT2D eigenvalue weighted by Gasteiger charge is 2.29. The molecule has 0 spiro atoms. The number of amides is 1. The summed E-state index contributed by atoms with van der Waals surface area (Å²) in [5.41, 5.74) is 6.37. The van der Waals surface area contributed by atoms with Gasteiger partial charge in [0.05, 0.1) is 36.4 Å². The van der Waals surface area contributed by atoms with E-state index in [2.05, 4.69) is 38.7 Å². The van der Waals surface area contributed by atoms with Crippen LogP contribution in [0.4, 0.5) is 11.1 Å². The van der Waals surface area contributed by atoms with E-state index in [9.17, 15) is 4.79 Å². The van der Waals surface area contributed by atoms with Crippen molar-refractivity contribution in [2.45, 2.75) is 25.9 Å². The zero-order valence-corrected chi connectivity index (χ0v) is 19.2. The number of hydrogen-bond acceptors (Lipinski definition) is 10. The summed E-state index contributed by atoms with van der Waals surface area (Å²) in [5.74, 6) is 1.36. The van der Waals surface area contributed by atoms with Crippen LogP contribution in [0.1, 0.15) is 24.2 Å². The highest BCUT2D eigenvalue weighted by atomic mass is 32.1. The van der Waals surface area contributed by atoms with Crippen molar-refractivity contribution < 1.29 is 14.3 Å². The third-order valence-corrected chi connectivity index (χ3v) is 5.78. The molecular formula is C21H25N7O3S. The number of aromatic nitrogens is 4. The molecule has 3 aromatic rings. The lowest BCUT2D eigenvalue weighted by Crippen LogP contribution is -2.50. The zero-order valence-electron chi connectivity index (χ0n) is 18.3. The average Bonchev–Trinajstić information content (AvgIpc) is 3.20. The number of ether oxygens (including phenoxy) is 2. The molecule has 10 nitrogen and oxygen atoms in total. The van der Waals surface area contributed by atoms with E-state index >= 15 is 0 Å². The van der Waals surface area contributed by atoms with Gasteiger partial charge in [-0.3, -0.25) is 4.79 Å². The van der Waals surface area contributed by atoms with Crippen molar-refractivity contribution >= 4 is 28.3 Å². The lowest BCUT2D eigenvalue weighted by molar-refractivity contribution is 0.0746. The second-order valence-electron chi connectivity index (χ2n) is 7.77. The molecule has 1 aliphatic rings. The molecule has 1 fully saturated rings. The molecule has 4 rings (SSSR count). The molecule has 11 heteroatoms. The molecule has 0 radical (unpaired) electrons. The predicted molar refractivity (Wildman–Crippen MR) is 122 cm³/mol. The van der Waals surface area contributed by atoms with Gasteiger partial charge in [0, 0.05) is 19.7 Å². The van der Waals surface area contributed by atoms with Crippen molar-refractivity contribution in [1.29, 1.82) is 0 Å². The van der Waals surface area contributed by atoms with Gasteiger partial charge in [-0.05, 0) is 38.1 Å². The first-order valence-corrected chi connectivity index (χ1v) is 11.0. The smallest absolute Gasteiger partial charge is 0.327 e. The second kappa shape index (κ2) is 9.05. The lowest BCUT2D eigenvalue weighted by atomic mass is 10.2. The number of anilines is 2. The maximum Gasteiger partial charge on any atom is 0.327 e. The molecule has 32 heavy (non-hydrogen) atoms. The monoisotopic (exact) mass is 455 g/mol. The van der Waals surface area contributed by atoms with Crippen LogP contribution in [0.3, 0.4) is 0 Å². The van der Waals surface area contributed by atoms with E-state index in [1.165, 1.54) is 16.2 Å². The van der Waals surface area contributed by atoms with Gasteiger partial charge in [-0.2, -0.15) is 15.0 Å². The van der Waals surface area contributed by atoms with Gasteiger partial charge in [0.1, 0.15) is 5.75 Å². The van der Waals surface area contributed by atoms with Gasteiger partial charge in [0.15, 0.2) is 11.0 Å². The number of nitrogens with zero attached hydrogens (tertiary/aromatic N) is 6. The molecule has 0 unspecified atom stereocenters. The number of thiazole rings is 1. The summed E-state index contributed by atoms with van der Waals surface area (Å²) in [4.78, 5) is 34.3. The number of morpholine rings is 1. The maximum absolute atomic E-state index is 12.1. The van der Waals surface area contributed by atoms with Crippen LogP contribution >= 0.6 is 11.3 Å². The van der Waals surface area contributed by atoms with Crippen LogP contribution in [-0.2, 0) is 4.74 Å². The van der Waals surface area contributed by atoms with Gasteiger partial charge < -0.3 is 25.0 Å². The molecule has 2 N–H and O–H groups in total. The number of hydrogen-bond donors (Lipinski definition) is 1. The Morgan fingerprint density at radius 1 is 1.16 bits per heavy atom. The van der Waals surface area contributed by atoms with Crippen LogP contribution in [0.2, 0.25) is 0 Å². The number of carbonyl (C=O) groups excluding carboxylic acids is 1. The summed E-state index contributed by atoms with van der Waals surface area (Å²) in [5, 5.41) is 0.429. The Morgan fingerprint density at radius 3 is 2.44 bits per heavy atom. The maximum atomic E-state index is 12.1. The largest absolute Gasteiger partial charge is 0.424 e. The number of benzene rings is 1. The fourth-order valence-corrected chi connectivity index (χ4v) is 4.05. The Balaban J connectivity index is 1.68. The van der Waals surface area contributed by atoms with Crippen molar-refractivity contribution in [2.24, 2.45) is 0 Å². The van der Waals surface area contributed by atoms with E-state index in [1.807, 2.05) is 0 Å². The van der Waals surface area contributed by atoms with Gasteiger partial charge in [0.25, 0.3) is 5.91 Å². The standard InChI is InChI=1S/C21H25N7O3S/c1-12-10-30-11-13(2)28(12)20-24-17(16-9-23-19(22)32-16)25-21(26-20)31-15-7-5-14(6-8-15)18(29)27(3)4/h5-9,12-13H,10-11H2,1-4H3,(H2,22,23)/t12-,13-/m1/s1. The van der Waals surface area contributed by atoms with Crippen molar-refractivity contribution in [2.75, 3.05) is 37.9 Å². The fraction of sp³-hybridized carbons (Fsp3) is 0.381. The minimum atomic E-state index is -0.0839. The molecule has 1 aromatic carbocycles. The second-order valence-corrected chi connectivity index (χ2v) is 8.84. The number of nitrogen functional groups attached to an aromatic ring is 1. The van der Waals surface area contributed by atoms with Gasteiger partial charge in [-0.15, -0.1) is 0 Å². The summed E-state index contributed by atoms with van der Waals surface area (Å²) in [6, 6.07) is 7.16. The molecular weight excluding hydrogens is 430 g/mol. The topological polar surface area (TPSA) is 120 Å². The summed E-state index contributed by atoms with van der Waals surface area (Å²) >= 11 is 1.29. The molecule has 1 saturated heterocycles. The number of carbonyl (C=O) groups is 1. The molecule has 2 aromatic heterocycles. The Hall–Kier alpha value is -3.31. The Bertz CT molecular complexity index is 1090. The van der Waals surface area contributed by atoms with E-state index in [4.69, 9.17) is 15.2 Å². The first kappa shape index (κ1) is 21.9. The van der Waals surface area contributed by atoms with E-state index in [0.29, 0.717) is 41.4 Å². The lowest BCUT2D eigenvalue weighted by Gasteiger charge is -2.38. The third-order valence-electron chi connectivity index (χ3n) is 4.96. The van der Waals surface area contributed by atoms with E-state index in [1.54, 1.807) is 44.6 Å². The molecule has 1 aliphatic heterocycles. The van der Waals surface area contributed by atoms with Crippen molar-refractivity contribution in [3.05, 3.63) is 36.0 Å². The summed E-state index contributed by atoms with van der Waals surface area (Å²) in [6.07, 6.45) is 1.64. The summed E-state index contributed by atoms with van der Waals surface area (Å²) < 4.78 is 11.6. The van der Waals surface area contributed by atoms with Gasteiger partial charge in [-0.1, -0.05) is 11.3 Å². The van der Waals surface area contributed by atoms with Crippen molar-refractivity contribution in [3.63, 3.8) is 0 Å². The summed E-state index contributed by atoms with van der Waals surface area (Å²) in [6.45, 7) is 5.28. The Kier molecular flexibility index (Phi) is 6.19. The molecule has 2 atom stereocenters. The van der Waals surface area contributed by atoms with Crippen molar-refractivity contribution in [3.8, 4) is 22.5 Å². The van der Waals surface area contributed by atoms with Crippen LogP contribution in [0, 0.1) is 0 Å². The SMILES string of the molecule is C[C@@H]1COC[C@@H](C)N1c1nc(Oc2ccc(C(=O)N(C)C)cc2)nc(-c2cnc(N)s2)n1. The number of rotatable bonds is 5. The fourth-order valence-electron chi connectivity index (χ4n) is 3.44. The molecule has 3 heterocycles. The van der Waals surface area contributed by atoms with Crippen LogP contribution in [0.15, 0.2) is 30.5 Å². The molecule has 168 valence electrons. The normalized spacial score (nSPS) is 18.4. The summed E-state index contributed by atoms with van der Waals surface area (Å²) in [7, 11) is 3.42. The minimum Gasteiger partial charge on any atom is -0.424 e. The van der Waals surface area contributed by atoms with Crippen LogP contribution in [0.25, 0.3) is 10.7 Å². The molecule has 0 aliphatic carbocycles. The highest BCUT2D eigenvalue weighted by molar-refractivity contribution is 7.18. The van der Waals surface area contributed by atoms with Crippen LogP contribution in [0.5, 0.6) is 11.8 Å². The highest BCUT2D eigenvalue weighted by Crippen LogP contribution is 2.30. The predicted octanol–water partition coefficient (Wildman–Crippen LogP) is 2.68. The first-order chi connectivity index (χ1) is 15.3. The van der Waals surface area contributed by atoms with Crippen LogP contribution < -0.4 is 15.4 Å². The van der Waals surface area contributed by atoms with Gasteiger partial charge in [0.2, 0.25) is 5.95 Å². The van der Waals surface area contributed by atoms with E-state index in [-0.39, 0.29) is 24.0 Å². The number of nitrogens with two attached hydrogens (primary N) is 1. The van der Waals surface area contributed by atoms with E-state index < -0.39 is 0 Å².